The van der Waals surface area contributed by atoms with Crippen LogP contribution < -0.4 is 16.4 Å². The van der Waals surface area contributed by atoms with Crippen LogP contribution in [0.1, 0.15) is 22.8 Å². The number of benzene rings is 2. The molecule has 21 heavy (non-hydrogen) atoms. The van der Waals surface area contributed by atoms with Gasteiger partial charge in [0.05, 0.1) is 11.4 Å². The van der Waals surface area contributed by atoms with Crippen molar-refractivity contribution in [2.75, 3.05) is 17.6 Å². The molecule has 0 aliphatic heterocycles. The molecule has 1 amide bonds. The van der Waals surface area contributed by atoms with Crippen molar-refractivity contribution in [1.29, 1.82) is 0 Å². The van der Waals surface area contributed by atoms with E-state index < -0.39 is 0 Å². The molecular weight excluding hydrogens is 286 g/mol. The third-order valence-corrected chi connectivity index (χ3v) is 3.60. The first-order chi connectivity index (χ1) is 10.0. The molecule has 110 valence electrons. The molecule has 0 atom stereocenters. The number of nitrogens with one attached hydrogen (secondary N) is 2. The van der Waals surface area contributed by atoms with E-state index in [-0.39, 0.29) is 5.91 Å². The van der Waals surface area contributed by atoms with Crippen LogP contribution in [-0.2, 0) is 0 Å². The van der Waals surface area contributed by atoms with Crippen LogP contribution in [-0.4, -0.2) is 12.5 Å². The summed E-state index contributed by atoms with van der Waals surface area (Å²) in [7, 11) is 0. The Kier molecular flexibility index (Phi) is 4.70. The molecule has 2 aromatic rings. The molecule has 0 aromatic heterocycles. The van der Waals surface area contributed by atoms with Gasteiger partial charge in [-0.25, -0.2) is 0 Å². The van der Waals surface area contributed by atoms with Crippen LogP contribution in [0.2, 0.25) is 5.02 Å². The van der Waals surface area contributed by atoms with Crippen LogP contribution in [0.25, 0.3) is 0 Å². The number of carbonyl (C=O) groups is 1. The van der Waals surface area contributed by atoms with E-state index in [1.54, 1.807) is 18.2 Å². The first-order valence-electron chi connectivity index (χ1n) is 6.72. The lowest BCUT2D eigenvalue weighted by Crippen LogP contribution is -2.22. The monoisotopic (exact) mass is 303 g/mol. The highest BCUT2D eigenvalue weighted by Crippen LogP contribution is 2.29. The highest BCUT2D eigenvalue weighted by molar-refractivity contribution is 6.31. The van der Waals surface area contributed by atoms with E-state index in [1.807, 2.05) is 32.0 Å². The Morgan fingerprint density at radius 2 is 2.00 bits per heavy atom. The summed E-state index contributed by atoms with van der Waals surface area (Å²) in [6.45, 7) is 4.39. The molecule has 0 unspecified atom stereocenters. The highest BCUT2D eigenvalue weighted by atomic mass is 35.5. The van der Waals surface area contributed by atoms with E-state index in [4.69, 9.17) is 17.3 Å². The van der Waals surface area contributed by atoms with E-state index in [0.717, 1.165) is 16.9 Å². The maximum absolute atomic E-state index is 11.8. The molecule has 0 spiro atoms. The number of carbonyl (C=O) groups excluding carboxylic acids is 1. The number of rotatable bonds is 4. The second kappa shape index (κ2) is 6.50. The molecule has 0 aliphatic carbocycles. The molecule has 0 radical (unpaired) electrons. The molecule has 5 heteroatoms. The lowest BCUT2D eigenvalue weighted by molar-refractivity contribution is 0.0956. The fourth-order valence-electron chi connectivity index (χ4n) is 1.97. The summed E-state index contributed by atoms with van der Waals surface area (Å²) in [5.41, 5.74) is 9.66. The zero-order valence-electron chi connectivity index (χ0n) is 12.0. The predicted octanol–water partition coefficient (Wildman–Crippen LogP) is 3.72. The smallest absolute Gasteiger partial charge is 0.251 e. The molecule has 0 saturated carbocycles. The van der Waals surface area contributed by atoms with Crippen LogP contribution in [0.5, 0.6) is 0 Å². The fraction of sp³-hybridized carbons (Fsp3) is 0.188. The van der Waals surface area contributed by atoms with Gasteiger partial charge in [-0.1, -0.05) is 17.7 Å². The van der Waals surface area contributed by atoms with Crippen LogP contribution in [0.3, 0.4) is 0 Å². The van der Waals surface area contributed by atoms with Gasteiger partial charge in [0.2, 0.25) is 0 Å². The number of anilines is 3. The van der Waals surface area contributed by atoms with Crippen molar-refractivity contribution in [3.63, 3.8) is 0 Å². The number of hydrogen-bond donors (Lipinski definition) is 3. The molecule has 0 bridgehead atoms. The van der Waals surface area contributed by atoms with Crippen LogP contribution in [0.15, 0.2) is 36.4 Å². The summed E-state index contributed by atoms with van der Waals surface area (Å²) >= 11 is 6.10. The SMILES string of the molecule is CCNC(=O)c1ccc(Nc2cccc(Cl)c2C)c(N)c1. The molecular formula is C16H18ClN3O. The van der Waals surface area contributed by atoms with Crippen molar-refractivity contribution in [1.82, 2.24) is 5.32 Å². The van der Waals surface area contributed by atoms with Gasteiger partial charge in [-0.15, -0.1) is 0 Å². The van der Waals surface area contributed by atoms with Crippen molar-refractivity contribution >= 4 is 34.6 Å². The minimum absolute atomic E-state index is 0.130. The first-order valence-corrected chi connectivity index (χ1v) is 7.10. The van der Waals surface area contributed by atoms with Gasteiger partial charge in [0, 0.05) is 22.8 Å². The summed E-state index contributed by atoms with van der Waals surface area (Å²) < 4.78 is 0. The highest BCUT2D eigenvalue weighted by Gasteiger charge is 2.09. The summed E-state index contributed by atoms with van der Waals surface area (Å²) in [6.07, 6.45) is 0. The van der Waals surface area contributed by atoms with Gasteiger partial charge in [-0.3, -0.25) is 4.79 Å². The van der Waals surface area contributed by atoms with Gasteiger partial charge in [-0.2, -0.15) is 0 Å². The second-order valence-electron chi connectivity index (χ2n) is 4.70. The Bertz CT molecular complexity index is 671. The van der Waals surface area contributed by atoms with Gasteiger partial charge in [0.15, 0.2) is 0 Å². The molecule has 0 saturated heterocycles. The average molecular weight is 304 g/mol. The molecule has 2 aromatic carbocycles. The zero-order valence-corrected chi connectivity index (χ0v) is 12.8. The van der Waals surface area contributed by atoms with E-state index in [2.05, 4.69) is 10.6 Å². The lowest BCUT2D eigenvalue weighted by atomic mass is 10.1. The predicted molar refractivity (Wildman–Crippen MR) is 88.3 cm³/mol. The molecule has 0 fully saturated rings. The number of nitrogens with two attached hydrogens (primary N) is 1. The van der Waals surface area contributed by atoms with Crippen molar-refractivity contribution in [2.45, 2.75) is 13.8 Å². The summed E-state index contributed by atoms with van der Waals surface area (Å²) in [5, 5.41) is 6.67. The fourth-order valence-corrected chi connectivity index (χ4v) is 2.14. The molecule has 4 N–H and O–H groups in total. The Morgan fingerprint density at radius 3 is 2.67 bits per heavy atom. The second-order valence-corrected chi connectivity index (χ2v) is 5.11. The van der Waals surface area contributed by atoms with Crippen molar-refractivity contribution < 1.29 is 4.79 Å². The van der Waals surface area contributed by atoms with E-state index >= 15 is 0 Å². The van der Waals surface area contributed by atoms with Gasteiger partial charge >= 0.3 is 0 Å². The number of hydrogen-bond acceptors (Lipinski definition) is 3. The normalized spacial score (nSPS) is 10.2. The largest absolute Gasteiger partial charge is 0.397 e. The third kappa shape index (κ3) is 3.47. The van der Waals surface area contributed by atoms with E-state index in [0.29, 0.717) is 22.8 Å². The number of nitrogen functional groups attached to an aromatic ring is 1. The lowest BCUT2D eigenvalue weighted by Gasteiger charge is -2.13. The van der Waals surface area contributed by atoms with Crippen molar-refractivity contribution in [2.24, 2.45) is 0 Å². The Morgan fingerprint density at radius 1 is 1.24 bits per heavy atom. The zero-order chi connectivity index (χ0) is 15.4. The van der Waals surface area contributed by atoms with Crippen LogP contribution >= 0.6 is 11.6 Å². The molecule has 2 rings (SSSR count). The first kappa shape index (κ1) is 15.2. The summed E-state index contributed by atoms with van der Waals surface area (Å²) in [5.74, 6) is -0.130. The number of halogens is 1. The number of amides is 1. The molecule has 0 heterocycles. The maximum atomic E-state index is 11.8. The summed E-state index contributed by atoms with van der Waals surface area (Å²) in [4.78, 5) is 11.8. The quantitative estimate of drug-likeness (QED) is 0.754. The van der Waals surface area contributed by atoms with Crippen molar-refractivity contribution in [3.8, 4) is 0 Å². The van der Waals surface area contributed by atoms with E-state index in [9.17, 15) is 4.79 Å². The summed E-state index contributed by atoms with van der Waals surface area (Å²) in [6, 6.07) is 10.8. The average Bonchev–Trinajstić information content (AvgIpc) is 2.46. The Balaban J connectivity index is 2.25. The Labute approximate surface area is 129 Å². The molecule has 4 nitrogen and oxygen atoms in total. The molecule has 0 aliphatic rings. The standard InChI is InChI=1S/C16H18ClN3O/c1-3-19-16(21)11-7-8-15(13(18)9-11)20-14-6-4-5-12(17)10(14)2/h4-9,20H,3,18H2,1-2H3,(H,19,21). The van der Waals surface area contributed by atoms with Crippen LogP contribution in [0.4, 0.5) is 17.1 Å². The third-order valence-electron chi connectivity index (χ3n) is 3.19. The topological polar surface area (TPSA) is 67.2 Å². The van der Waals surface area contributed by atoms with Gasteiger partial charge < -0.3 is 16.4 Å². The van der Waals surface area contributed by atoms with Crippen LogP contribution in [0, 0.1) is 6.92 Å². The Hall–Kier alpha value is -2.20. The minimum atomic E-state index is -0.130. The minimum Gasteiger partial charge on any atom is -0.397 e. The van der Waals surface area contributed by atoms with E-state index in [1.165, 1.54) is 0 Å². The van der Waals surface area contributed by atoms with Gasteiger partial charge in [0.25, 0.3) is 5.91 Å². The van der Waals surface area contributed by atoms with Gasteiger partial charge in [-0.05, 0) is 49.7 Å². The van der Waals surface area contributed by atoms with Gasteiger partial charge in [0.1, 0.15) is 0 Å². The maximum Gasteiger partial charge on any atom is 0.251 e. The van der Waals surface area contributed by atoms with Crippen molar-refractivity contribution in [3.05, 3.63) is 52.5 Å².